The van der Waals surface area contributed by atoms with Crippen LogP contribution in [0.2, 0.25) is 0 Å². The van der Waals surface area contributed by atoms with Crippen LogP contribution in [-0.4, -0.2) is 32.8 Å². The molecule has 0 saturated heterocycles. The number of rotatable bonds is 3. The van der Waals surface area contributed by atoms with E-state index in [4.69, 9.17) is 4.99 Å². The van der Waals surface area contributed by atoms with Gasteiger partial charge in [-0.2, -0.15) is 0 Å². The topological polar surface area (TPSA) is 41.4 Å². The van der Waals surface area contributed by atoms with E-state index in [1.54, 1.807) is 12.4 Å². The summed E-state index contributed by atoms with van der Waals surface area (Å²) >= 11 is 0. The second kappa shape index (κ2) is 5.87. The summed E-state index contributed by atoms with van der Waals surface area (Å²) in [5.41, 5.74) is 2.22. The molecule has 0 bridgehead atoms. The number of amidine groups is 1. The summed E-state index contributed by atoms with van der Waals surface area (Å²) in [7, 11) is 0. The molecule has 2 heterocycles. The molecule has 0 spiro atoms. The maximum absolute atomic E-state index is 5.00. The zero-order valence-corrected chi connectivity index (χ0v) is 12.6. The minimum atomic E-state index is 0.425. The lowest BCUT2D eigenvalue weighted by Crippen LogP contribution is -2.41. The van der Waals surface area contributed by atoms with Gasteiger partial charge in [-0.1, -0.05) is 43.2 Å². The molecule has 4 rings (SSSR count). The van der Waals surface area contributed by atoms with E-state index in [0.29, 0.717) is 12.1 Å². The van der Waals surface area contributed by atoms with E-state index < -0.39 is 0 Å². The predicted octanol–water partition coefficient (Wildman–Crippen LogP) is 3.05. The smallest absolute Gasteiger partial charge is 0.152 e. The van der Waals surface area contributed by atoms with Crippen LogP contribution in [0.5, 0.6) is 0 Å². The van der Waals surface area contributed by atoms with Gasteiger partial charge >= 0.3 is 0 Å². The quantitative estimate of drug-likeness (QED) is 0.873. The average molecular weight is 292 g/mol. The Morgan fingerprint density at radius 3 is 2.73 bits per heavy atom. The number of hydrogen-bond acceptors (Lipinski definition) is 4. The third-order valence-electron chi connectivity index (χ3n) is 4.64. The summed E-state index contributed by atoms with van der Waals surface area (Å²) in [5, 5.41) is 0. The Hall–Kier alpha value is -2.23. The van der Waals surface area contributed by atoms with Gasteiger partial charge in [-0.3, -0.25) is 9.98 Å². The third-order valence-corrected chi connectivity index (χ3v) is 4.64. The van der Waals surface area contributed by atoms with Crippen molar-refractivity contribution in [1.29, 1.82) is 0 Å². The molecule has 1 aromatic heterocycles. The molecular weight excluding hydrogens is 272 g/mol. The Morgan fingerprint density at radius 1 is 1.05 bits per heavy atom. The molecule has 0 N–H and O–H groups in total. The molecule has 2 aromatic rings. The van der Waals surface area contributed by atoms with Gasteiger partial charge in [0.15, 0.2) is 5.84 Å². The second-order valence-electron chi connectivity index (χ2n) is 6.08. The number of hydrogen-bond donors (Lipinski definition) is 0. The van der Waals surface area contributed by atoms with E-state index in [0.717, 1.165) is 18.1 Å². The van der Waals surface area contributed by atoms with Crippen LogP contribution in [0.4, 0.5) is 0 Å². The molecule has 1 fully saturated rings. The standard InChI is InChI=1S/C18H20N4/c1-2-6-14(7-3-1)13-22-17-9-5-4-8-15(17)21-18(22)16-12-19-10-11-20-16/h1-3,6-7,10-12,15,17H,4-5,8-9,13H2/t15-,17-/m1/s1. The number of fused-ring (bicyclic) bond motifs is 1. The van der Waals surface area contributed by atoms with Crippen LogP contribution in [0.3, 0.4) is 0 Å². The third kappa shape index (κ3) is 2.49. The molecule has 0 unspecified atom stereocenters. The Bertz CT molecular complexity index is 653. The van der Waals surface area contributed by atoms with Gasteiger partial charge in [0.25, 0.3) is 0 Å². The van der Waals surface area contributed by atoms with Crippen molar-refractivity contribution in [1.82, 2.24) is 14.9 Å². The molecule has 22 heavy (non-hydrogen) atoms. The number of aromatic nitrogens is 2. The van der Waals surface area contributed by atoms with Crippen LogP contribution in [0.15, 0.2) is 53.9 Å². The Balaban J connectivity index is 1.67. The van der Waals surface area contributed by atoms with E-state index in [1.807, 2.05) is 6.20 Å². The lowest BCUT2D eigenvalue weighted by molar-refractivity contribution is 0.239. The first kappa shape index (κ1) is 13.4. The molecular formula is C18H20N4. The first-order valence-corrected chi connectivity index (χ1v) is 8.06. The van der Waals surface area contributed by atoms with E-state index >= 15 is 0 Å². The van der Waals surface area contributed by atoms with Gasteiger partial charge in [0.1, 0.15) is 5.69 Å². The summed E-state index contributed by atoms with van der Waals surface area (Å²) in [5.74, 6) is 1.02. The van der Waals surface area contributed by atoms with Crippen LogP contribution in [0.1, 0.15) is 36.9 Å². The highest BCUT2D eigenvalue weighted by Crippen LogP contribution is 2.33. The fourth-order valence-corrected chi connectivity index (χ4v) is 3.59. The summed E-state index contributed by atoms with van der Waals surface area (Å²) < 4.78 is 0. The van der Waals surface area contributed by atoms with Crippen molar-refractivity contribution < 1.29 is 0 Å². The summed E-state index contributed by atoms with van der Waals surface area (Å²) in [4.78, 5) is 16.1. The lowest BCUT2D eigenvalue weighted by Gasteiger charge is -2.33. The molecule has 1 aliphatic carbocycles. The molecule has 2 aliphatic rings. The summed E-state index contributed by atoms with van der Waals surface area (Å²) in [6, 6.07) is 11.6. The molecule has 1 aromatic carbocycles. The van der Waals surface area contributed by atoms with Crippen molar-refractivity contribution in [3.8, 4) is 0 Å². The molecule has 1 saturated carbocycles. The lowest BCUT2D eigenvalue weighted by atomic mass is 9.90. The first-order chi connectivity index (χ1) is 10.9. The summed E-state index contributed by atoms with van der Waals surface area (Å²) in [6.07, 6.45) is 10.3. The van der Waals surface area contributed by atoms with Crippen LogP contribution < -0.4 is 0 Å². The number of nitrogens with zero attached hydrogens (tertiary/aromatic N) is 4. The first-order valence-electron chi connectivity index (χ1n) is 8.06. The van der Waals surface area contributed by atoms with Gasteiger partial charge < -0.3 is 4.90 Å². The molecule has 4 heteroatoms. The van der Waals surface area contributed by atoms with Gasteiger partial charge in [-0.05, 0) is 18.4 Å². The highest BCUT2D eigenvalue weighted by Gasteiger charge is 2.38. The van der Waals surface area contributed by atoms with Crippen molar-refractivity contribution in [2.45, 2.75) is 44.3 Å². The maximum Gasteiger partial charge on any atom is 0.152 e. The fraction of sp³-hybridized carbons (Fsp3) is 0.389. The van der Waals surface area contributed by atoms with Gasteiger partial charge in [0.2, 0.25) is 0 Å². The van der Waals surface area contributed by atoms with E-state index in [2.05, 4.69) is 45.2 Å². The van der Waals surface area contributed by atoms with Crippen LogP contribution in [0.25, 0.3) is 0 Å². The monoisotopic (exact) mass is 292 g/mol. The molecule has 0 radical (unpaired) electrons. The minimum Gasteiger partial charge on any atom is -0.346 e. The SMILES string of the molecule is c1ccc(CN2C(c3cnccn3)=N[C@@H]3CCCC[C@H]32)cc1. The molecule has 2 atom stereocenters. The fourth-order valence-electron chi connectivity index (χ4n) is 3.59. The van der Waals surface area contributed by atoms with Crippen molar-refractivity contribution in [3.05, 3.63) is 60.2 Å². The van der Waals surface area contributed by atoms with Crippen molar-refractivity contribution in [2.75, 3.05) is 0 Å². The molecule has 112 valence electrons. The summed E-state index contributed by atoms with van der Waals surface area (Å²) in [6.45, 7) is 0.900. The normalized spacial score (nSPS) is 24.0. The second-order valence-corrected chi connectivity index (χ2v) is 6.08. The van der Waals surface area contributed by atoms with Gasteiger partial charge in [-0.25, -0.2) is 4.98 Å². The number of aliphatic imine (C=N–C) groups is 1. The zero-order valence-electron chi connectivity index (χ0n) is 12.6. The van der Waals surface area contributed by atoms with E-state index in [-0.39, 0.29) is 0 Å². The molecule has 4 nitrogen and oxygen atoms in total. The van der Waals surface area contributed by atoms with Crippen LogP contribution in [-0.2, 0) is 6.54 Å². The Labute approximate surface area is 130 Å². The zero-order chi connectivity index (χ0) is 14.8. The van der Waals surface area contributed by atoms with Gasteiger partial charge in [-0.15, -0.1) is 0 Å². The Morgan fingerprint density at radius 2 is 1.91 bits per heavy atom. The van der Waals surface area contributed by atoms with E-state index in [9.17, 15) is 0 Å². The minimum absolute atomic E-state index is 0.425. The van der Waals surface area contributed by atoms with E-state index in [1.165, 1.54) is 31.2 Å². The van der Waals surface area contributed by atoms with Crippen LogP contribution >= 0.6 is 0 Å². The highest BCUT2D eigenvalue weighted by atomic mass is 15.3. The molecule has 1 aliphatic heterocycles. The van der Waals surface area contributed by atoms with Crippen LogP contribution in [0, 0.1) is 0 Å². The molecule has 0 amide bonds. The van der Waals surface area contributed by atoms with Crippen molar-refractivity contribution in [2.24, 2.45) is 4.99 Å². The number of benzene rings is 1. The Kier molecular flexibility index (Phi) is 3.59. The van der Waals surface area contributed by atoms with Crippen molar-refractivity contribution >= 4 is 5.84 Å². The highest BCUT2D eigenvalue weighted by molar-refractivity contribution is 5.98. The van der Waals surface area contributed by atoms with Gasteiger partial charge in [0, 0.05) is 18.9 Å². The average Bonchev–Trinajstić information content (AvgIpc) is 2.95. The predicted molar refractivity (Wildman–Crippen MR) is 86.6 cm³/mol. The van der Waals surface area contributed by atoms with Gasteiger partial charge in [0.05, 0.1) is 18.3 Å². The largest absolute Gasteiger partial charge is 0.346 e. The maximum atomic E-state index is 5.00. The van der Waals surface area contributed by atoms with Crippen molar-refractivity contribution in [3.63, 3.8) is 0 Å².